The highest BCUT2D eigenvalue weighted by Gasteiger charge is 2.15. The second-order valence-electron chi connectivity index (χ2n) is 4.94. The van der Waals surface area contributed by atoms with Gasteiger partial charge in [-0.05, 0) is 35.9 Å². The van der Waals surface area contributed by atoms with Crippen LogP contribution in [0.1, 0.15) is 16.1 Å². The van der Waals surface area contributed by atoms with Crippen LogP contribution >= 0.6 is 27.5 Å². The summed E-state index contributed by atoms with van der Waals surface area (Å²) in [5.41, 5.74) is 2.32. The van der Waals surface area contributed by atoms with Gasteiger partial charge in [-0.2, -0.15) is 5.10 Å². The Labute approximate surface area is 141 Å². The van der Waals surface area contributed by atoms with Crippen molar-refractivity contribution < 1.29 is 4.79 Å². The fourth-order valence-corrected chi connectivity index (χ4v) is 2.74. The minimum Gasteiger partial charge on any atom is -0.347 e. The average Bonchev–Trinajstić information content (AvgIpc) is 2.83. The Morgan fingerprint density at radius 1 is 1.27 bits per heavy atom. The molecule has 1 amide bonds. The van der Waals surface area contributed by atoms with E-state index in [1.807, 2.05) is 37.4 Å². The lowest BCUT2D eigenvalue weighted by molar-refractivity contribution is 0.0947. The van der Waals surface area contributed by atoms with Crippen molar-refractivity contribution in [1.29, 1.82) is 0 Å². The van der Waals surface area contributed by atoms with Crippen molar-refractivity contribution in [3.63, 3.8) is 0 Å². The van der Waals surface area contributed by atoms with Crippen molar-refractivity contribution in [1.82, 2.24) is 15.1 Å². The summed E-state index contributed by atoms with van der Waals surface area (Å²) in [6, 6.07) is 13.1. The zero-order valence-electron chi connectivity index (χ0n) is 11.8. The fraction of sp³-hybridized carbons (Fsp3) is 0.125. The van der Waals surface area contributed by atoms with E-state index in [4.69, 9.17) is 11.6 Å². The smallest absolute Gasteiger partial charge is 0.272 e. The molecule has 4 nitrogen and oxygen atoms in total. The molecule has 0 unspecified atom stereocenters. The Morgan fingerprint density at radius 3 is 2.73 bits per heavy atom. The number of hydrogen-bond donors (Lipinski definition) is 1. The molecule has 1 N–H and O–H groups in total. The van der Waals surface area contributed by atoms with Crippen molar-refractivity contribution in [3.8, 4) is 0 Å². The lowest BCUT2D eigenvalue weighted by atomic mass is 10.2. The third-order valence-electron chi connectivity index (χ3n) is 3.39. The Balaban J connectivity index is 1.82. The van der Waals surface area contributed by atoms with Gasteiger partial charge < -0.3 is 5.32 Å². The van der Waals surface area contributed by atoms with Crippen LogP contribution in [0.5, 0.6) is 0 Å². The first-order valence-electron chi connectivity index (χ1n) is 6.69. The fourth-order valence-electron chi connectivity index (χ4n) is 2.27. The molecule has 3 rings (SSSR count). The maximum Gasteiger partial charge on any atom is 0.272 e. The molecule has 6 heteroatoms. The number of aryl methyl sites for hydroxylation is 1. The molecular weight excluding hydrogens is 366 g/mol. The average molecular weight is 379 g/mol. The van der Waals surface area contributed by atoms with Crippen LogP contribution in [-0.4, -0.2) is 15.7 Å². The lowest BCUT2D eigenvalue weighted by Gasteiger charge is -2.04. The van der Waals surface area contributed by atoms with Crippen LogP contribution in [0.3, 0.4) is 0 Å². The number of hydrogen-bond acceptors (Lipinski definition) is 2. The Hall–Kier alpha value is -1.85. The second-order valence-corrected chi connectivity index (χ2v) is 6.29. The van der Waals surface area contributed by atoms with Gasteiger partial charge in [0.2, 0.25) is 0 Å². The maximum absolute atomic E-state index is 12.4. The summed E-state index contributed by atoms with van der Waals surface area (Å²) in [5, 5.41) is 8.71. The van der Waals surface area contributed by atoms with E-state index in [9.17, 15) is 4.79 Å². The van der Waals surface area contributed by atoms with Gasteiger partial charge in [-0.3, -0.25) is 9.48 Å². The molecule has 112 valence electrons. The molecule has 0 aliphatic rings. The molecule has 1 heterocycles. The molecule has 1 aromatic heterocycles. The van der Waals surface area contributed by atoms with E-state index >= 15 is 0 Å². The summed E-state index contributed by atoms with van der Waals surface area (Å²) in [7, 11) is 1.82. The molecule has 3 aromatic rings. The molecule has 0 aliphatic heterocycles. The van der Waals surface area contributed by atoms with E-state index < -0.39 is 0 Å². The minimum absolute atomic E-state index is 0.192. The molecule has 0 saturated heterocycles. The summed E-state index contributed by atoms with van der Waals surface area (Å²) >= 11 is 9.27. The first-order valence-corrected chi connectivity index (χ1v) is 7.86. The maximum atomic E-state index is 12.4. The Morgan fingerprint density at radius 2 is 2.00 bits per heavy atom. The highest BCUT2D eigenvalue weighted by molar-refractivity contribution is 9.10. The van der Waals surface area contributed by atoms with E-state index in [2.05, 4.69) is 26.3 Å². The second kappa shape index (κ2) is 6.10. The van der Waals surface area contributed by atoms with E-state index in [0.29, 0.717) is 17.3 Å². The zero-order chi connectivity index (χ0) is 15.7. The topological polar surface area (TPSA) is 46.9 Å². The van der Waals surface area contributed by atoms with Gasteiger partial charge in [-0.15, -0.1) is 0 Å². The van der Waals surface area contributed by atoms with Crippen LogP contribution in [-0.2, 0) is 13.6 Å². The van der Waals surface area contributed by atoms with Crippen LogP contribution in [0.25, 0.3) is 10.9 Å². The summed E-state index contributed by atoms with van der Waals surface area (Å²) in [6.07, 6.45) is 0. The van der Waals surface area contributed by atoms with Gasteiger partial charge in [0.15, 0.2) is 5.69 Å². The van der Waals surface area contributed by atoms with Crippen LogP contribution in [0.15, 0.2) is 46.9 Å². The van der Waals surface area contributed by atoms with Gasteiger partial charge in [0, 0.05) is 28.5 Å². The number of fused-ring (bicyclic) bond motifs is 1. The van der Waals surface area contributed by atoms with E-state index in [-0.39, 0.29) is 5.91 Å². The number of halogens is 2. The molecular formula is C16H13BrClN3O. The van der Waals surface area contributed by atoms with Crippen molar-refractivity contribution >= 4 is 44.3 Å². The molecule has 0 atom stereocenters. The van der Waals surface area contributed by atoms with Crippen molar-refractivity contribution in [2.24, 2.45) is 7.05 Å². The molecule has 0 saturated carbocycles. The van der Waals surface area contributed by atoms with E-state index in [1.54, 1.807) is 16.8 Å². The van der Waals surface area contributed by atoms with Gasteiger partial charge >= 0.3 is 0 Å². The van der Waals surface area contributed by atoms with Crippen LogP contribution in [0, 0.1) is 0 Å². The summed E-state index contributed by atoms with van der Waals surface area (Å²) in [5.74, 6) is -0.192. The summed E-state index contributed by atoms with van der Waals surface area (Å²) < 4.78 is 2.66. The van der Waals surface area contributed by atoms with Crippen molar-refractivity contribution in [2.45, 2.75) is 6.54 Å². The van der Waals surface area contributed by atoms with Gasteiger partial charge in [0.05, 0.1) is 5.52 Å². The third kappa shape index (κ3) is 3.00. The SMILES string of the molecule is Cn1nc(C(=O)NCc2ccc(Cl)cc2)c2ccc(Br)cc21. The number of carbonyl (C=O) groups excluding carboxylic acids is 1. The summed E-state index contributed by atoms with van der Waals surface area (Å²) in [6.45, 7) is 0.435. The van der Waals surface area contributed by atoms with E-state index in [0.717, 1.165) is 20.9 Å². The predicted molar refractivity (Wildman–Crippen MR) is 91.0 cm³/mol. The van der Waals surface area contributed by atoms with Crippen LogP contribution in [0.4, 0.5) is 0 Å². The first kappa shape index (κ1) is 15.1. The number of aromatic nitrogens is 2. The molecule has 0 bridgehead atoms. The molecule has 0 spiro atoms. The van der Waals surface area contributed by atoms with Crippen LogP contribution < -0.4 is 5.32 Å². The van der Waals surface area contributed by atoms with Crippen molar-refractivity contribution in [3.05, 3.63) is 63.2 Å². The van der Waals surface area contributed by atoms with E-state index in [1.165, 1.54) is 0 Å². The quantitative estimate of drug-likeness (QED) is 0.751. The van der Waals surface area contributed by atoms with Gasteiger partial charge in [-0.1, -0.05) is 39.7 Å². The predicted octanol–water partition coefficient (Wildman–Crippen LogP) is 3.92. The Bertz CT molecular complexity index is 842. The van der Waals surface area contributed by atoms with Gasteiger partial charge in [0.1, 0.15) is 0 Å². The molecule has 0 aliphatic carbocycles. The van der Waals surface area contributed by atoms with Crippen LogP contribution in [0.2, 0.25) is 5.02 Å². The minimum atomic E-state index is -0.192. The number of benzene rings is 2. The number of carbonyl (C=O) groups is 1. The first-order chi connectivity index (χ1) is 10.5. The highest BCUT2D eigenvalue weighted by atomic mass is 79.9. The number of rotatable bonds is 3. The number of nitrogens with one attached hydrogen (secondary N) is 1. The Kier molecular flexibility index (Phi) is 4.18. The van der Waals surface area contributed by atoms with Gasteiger partial charge in [-0.25, -0.2) is 0 Å². The van der Waals surface area contributed by atoms with Crippen molar-refractivity contribution in [2.75, 3.05) is 0 Å². The molecule has 2 aromatic carbocycles. The standard InChI is InChI=1S/C16H13BrClN3O/c1-21-14-8-11(17)4-7-13(14)15(20-21)16(22)19-9-10-2-5-12(18)6-3-10/h2-8H,9H2,1H3,(H,19,22). The monoisotopic (exact) mass is 377 g/mol. The largest absolute Gasteiger partial charge is 0.347 e. The molecule has 22 heavy (non-hydrogen) atoms. The molecule has 0 radical (unpaired) electrons. The zero-order valence-corrected chi connectivity index (χ0v) is 14.1. The van der Waals surface area contributed by atoms with Gasteiger partial charge in [0.25, 0.3) is 5.91 Å². The molecule has 0 fully saturated rings. The lowest BCUT2D eigenvalue weighted by Crippen LogP contribution is -2.23. The summed E-state index contributed by atoms with van der Waals surface area (Å²) in [4.78, 5) is 12.4. The third-order valence-corrected chi connectivity index (χ3v) is 4.14. The number of nitrogens with zero attached hydrogens (tertiary/aromatic N) is 2. The normalized spacial score (nSPS) is 10.9. The number of amides is 1. The highest BCUT2D eigenvalue weighted by Crippen LogP contribution is 2.22.